The van der Waals surface area contributed by atoms with Gasteiger partial charge in [-0.05, 0) is 41.8 Å². The van der Waals surface area contributed by atoms with Gasteiger partial charge in [0.15, 0.2) is 15.7 Å². The highest BCUT2D eigenvalue weighted by molar-refractivity contribution is 7.91. The molecule has 0 bridgehead atoms. The zero-order valence-corrected chi connectivity index (χ0v) is 21.3. The Kier molecular flexibility index (Phi) is 6.49. The number of carbonyl (C=O) groups excluding carboxylic acids is 1. The van der Waals surface area contributed by atoms with Gasteiger partial charge in [0.2, 0.25) is 10.0 Å². The van der Waals surface area contributed by atoms with E-state index >= 15 is 0 Å². The minimum Gasteiger partial charge on any atom is -0.352 e. The maximum Gasteiger partial charge on any atom is 0.256 e. The normalized spacial score (nSPS) is 17.5. The van der Waals surface area contributed by atoms with Crippen LogP contribution in [0.2, 0.25) is 0 Å². The number of carbonyl (C=O) groups is 1. The Bertz CT molecular complexity index is 1590. The van der Waals surface area contributed by atoms with Crippen molar-refractivity contribution in [3.63, 3.8) is 0 Å². The summed E-state index contributed by atoms with van der Waals surface area (Å²) in [6.45, 7) is 1.08. The third-order valence-electron chi connectivity index (χ3n) is 6.59. The van der Waals surface area contributed by atoms with Gasteiger partial charge < -0.3 is 10.2 Å². The minimum atomic E-state index is -3.74. The summed E-state index contributed by atoms with van der Waals surface area (Å²) in [6.07, 6.45) is 0.635. The first kappa shape index (κ1) is 24.9. The average Bonchev–Trinajstić information content (AvgIpc) is 3.30. The van der Waals surface area contributed by atoms with Crippen LogP contribution in [-0.4, -0.2) is 68.4 Å². The highest BCUT2D eigenvalue weighted by Crippen LogP contribution is 2.27. The molecule has 1 fully saturated rings. The first-order chi connectivity index (χ1) is 17.7. The Labute approximate surface area is 214 Å². The number of nitrogens with one attached hydrogen (secondary N) is 2. The third kappa shape index (κ3) is 4.95. The molecule has 1 amide bonds. The summed E-state index contributed by atoms with van der Waals surface area (Å²) in [4.78, 5) is 14.6. The first-order valence-corrected chi connectivity index (χ1v) is 14.9. The summed E-state index contributed by atoms with van der Waals surface area (Å²) in [5.41, 5.74) is 2.42. The van der Waals surface area contributed by atoms with Gasteiger partial charge in [0.05, 0.1) is 16.4 Å². The van der Waals surface area contributed by atoms with Crippen molar-refractivity contribution in [2.24, 2.45) is 0 Å². The number of rotatable bonds is 5. The van der Waals surface area contributed by atoms with Crippen LogP contribution in [0.3, 0.4) is 0 Å². The molecule has 1 saturated heterocycles. The van der Waals surface area contributed by atoms with Crippen molar-refractivity contribution < 1.29 is 21.6 Å². The molecule has 3 aromatic rings. The van der Waals surface area contributed by atoms with Crippen molar-refractivity contribution in [2.75, 3.05) is 41.4 Å². The predicted molar refractivity (Wildman–Crippen MR) is 136 cm³/mol. The molecule has 5 rings (SSSR count). The number of H-pyrrole nitrogens is 1. The fraction of sp³-hybridized carbons (Fsp3) is 0.292. The predicted octanol–water partition coefficient (Wildman–Crippen LogP) is 1.52. The van der Waals surface area contributed by atoms with E-state index in [2.05, 4.69) is 15.5 Å². The van der Waals surface area contributed by atoms with E-state index in [1.165, 1.54) is 28.6 Å². The molecule has 11 nitrogen and oxygen atoms in total. The van der Waals surface area contributed by atoms with Crippen molar-refractivity contribution >= 4 is 37.4 Å². The minimum absolute atomic E-state index is 0.0361. The number of benzene rings is 2. The van der Waals surface area contributed by atoms with Crippen LogP contribution in [-0.2, 0) is 32.8 Å². The van der Waals surface area contributed by atoms with Gasteiger partial charge >= 0.3 is 0 Å². The number of anilines is 2. The van der Waals surface area contributed by atoms with Crippen LogP contribution < -0.4 is 10.2 Å². The molecule has 0 aliphatic carbocycles. The Morgan fingerprint density at radius 1 is 1.03 bits per heavy atom. The Morgan fingerprint density at radius 2 is 1.70 bits per heavy atom. The standard InChI is InChI=1S/C24H24N6O5S2/c25-15-21-22(27-28-23(21)29-11-13-36(32,33)14-12-29)26-24(31)18-5-7-20(8-6-18)37(34,35)30-10-9-17-3-1-2-4-19(17)16-30/h1-8H,9-14,16H2,(H2,26,27,28,31). The van der Waals surface area contributed by atoms with Crippen LogP contribution in [0.1, 0.15) is 27.0 Å². The SMILES string of the molecule is N#Cc1c(N2CCS(=O)(=O)CC2)n[nH]c1NC(=O)c1ccc(S(=O)(=O)N2CCc3ccccc3C2)cc1. The molecule has 0 radical (unpaired) electrons. The fourth-order valence-corrected chi connectivity index (χ4v) is 7.09. The lowest BCUT2D eigenvalue weighted by Crippen LogP contribution is -2.40. The van der Waals surface area contributed by atoms with E-state index in [-0.39, 0.29) is 52.3 Å². The highest BCUT2D eigenvalue weighted by Gasteiger charge is 2.29. The summed E-state index contributed by atoms with van der Waals surface area (Å²) in [6, 6.07) is 15.4. The van der Waals surface area contributed by atoms with E-state index in [9.17, 15) is 26.9 Å². The second kappa shape index (κ2) is 9.62. The summed E-state index contributed by atoms with van der Waals surface area (Å²) in [7, 11) is -6.84. The molecule has 13 heteroatoms. The second-order valence-electron chi connectivity index (χ2n) is 8.88. The summed E-state index contributed by atoms with van der Waals surface area (Å²) < 4.78 is 51.2. The van der Waals surface area contributed by atoms with Gasteiger partial charge in [-0.2, -0.15) is 14.7 Å². The van der Waals surface area contributed by atoms with Crippen LogP contribution >= 0.6 is 0 Å². The molecule has 0 unspecified atom stereocenters. The smallest absolute Gasteiger partial charge is 0.256 e. The van der Waals surface area contributed by atoms with Gasteiger partial charge in [-0.3, -0.25) is 9.89 Å². The van der Waals surface area contributed by atoms with E-state index in [0.717, 1.165) is 11.1 Å². The molecule has 0 spiro atoms. The number of sulfonamides is 1. The molecule has 2 aliphatic heterocycles. The van der Waals surface area contributed by atoms with E-state index in [0.29, 0.717) is 19.5 Å². The molecule has 3 heterocycles. The lowest BCUT2D eigenvalue weighted by Gasteiger charge is -2.28. The lowest BCUT2D eigenvalue weighted by molar-refractivity contribution is 0.102. The summed E-state index contributed by atoms with van der Waals surface area (Å²) in [5, 5.41) is 19.0. The topological polar surface area (TPSA) is 156 Å². The maximum atomic E-state index is 13.2. The van der Waals surface area contributed by atoms with Gasteiger partial charge in [-0.1, -0.05) is 24.3 Å². The molecule has 2 N–H and O–H groups in total. The van der Waals surface area contributed by atoms with E-state index in [4.69, 9.17) is 0 Å². The molecular weight excluding hydrogens is 516 g/mol. The van der Waals surface area contributed by atoms with Crippen LogP contribution in [0, 0.1) is 11.3 Å². The average molecular weight is 541 g/mol. The Balaban J connectivity index is 1.29. The van der Waals surface area contributed by atoms with E-state index < -0.39 is 25.8 Å². The number of aromatic nitrogens is 2. The molecule has 192 valence electrons. The molecule has 0 saturated carbocycles. The molecular formula is C24H24N6O5S2. The van der Waals surface area contributed by atoms with Crippen molar-refractivity contribution in [1.82, 2.24) is 14.5 Å². The van der Waals surface area contributed by atoms with Crippen LogP contribution in [0.15, 0.2) is 53.4 Å². The number of aromatic amines is 1. The fourth-order valence-electron chi connectivity index (χ4n) is 4.47. The molecule has 1 aromatic heterocycles. The lowest BCUT2D eigenvalue weighted by atomic mass is 10.0. The van der Waals surface area contributed by atoms with E-state index in [1.807, 2.05) is 30.3 Å². The zero-order valence-electron chi connectivity index (χ0n) is 19.7. The number of nitrogens with zero attached hydrogens (tertiary/aromatic N) is 4. The zero-order chi connectivity index (χ0) is 26.2. The Hall–Kier alpha value is -3.73. The number of hydrogen-bond acceptors (Lipinski definition) is 8. The van der Waals surface area contributed by atoms with Crippen molar-refractivity contribution in [3.05, 3.63) is 70.8 Å². The first-order valence-electron chi connectivity index (χ1n) is 11.6. The van der Waals surface area contributed by atoms with Crippen LogP contribution in [0.5, 0.6) is 0 Å². The van der Waals surface area contributed by atoms with Gasteiger partial charge in [0.1, 0.15) is 17.5 Å². The van der Waals surface area contributed by atoms with Crippen molar-refractivity contribution in [1.29, 1.82) is 5.26 Å². The number of hydrogen-bond donors (Lipinski definition) is 2. The largest absolute Gasteiger partial charge is 0.352 e. The van der Waals surface area contributed by atoms with Crippen molar-refractivity contribution in [2.45, 2.75) is 17.9 Å². The Morgan fingerprint density at radius 3 is 2.38 bits per heavy atom. The monoisotopic (exact) mass is 540 g/mol. The summed E-state index contributed by atoms with van der Waals surface area (Å²) in [5.74, 6) is -0.266. The van der Waals surface area contributed by atoms with Gasteiger partial charge in [0.25, 0.3) is 5.91 Å². The number of nitriles is 1. The van der Waals surface area contributed by atoms with Gasteiger partial charge in [-0.25, -0.2) is 16.8 Å². The number of fused-ring (bicyclic) bond motifs is 1. The van der Waals surface area contributed by atoms with Crippen LogP contribution in [0.25, 0.3) is 0 Å². The van der Waals surface area contributed by atoms with Gasteiger partial charge in [-0.15, -0.1) is 0 Å². The number of sulfone groups is 1. The summed E-state index contributed by atoms with van der Waals surface area (Å²) >= 11 is 0. The second-order valence-corrected chi connectivity index (χ2v) is 13.1. The van der Waals surface area contributed by atoms with Crippen LogP contribution in [0.4, 0.5) is 11.6 Å². The number of amides is 1. The van der Waals surface area contributed by atoms with E-state index in [1.54, 1.807) is 4.90 Å². The maximum absolute atomic E-state index is 13.2. The van der Waals surface area contributed by atoms with Crippen molar-refractivity contribution in [3.8, 4) is 6.07 Å². The highest BCUT2D eigenvalue weighted by atomic mass is 32.2. The third-order valence-corrected chi connectivity index (χ3v) is 10.1. The molecule has 0 atom stereocenters. The molecule has 37 heavy (non-hydrogen) atoms. The van der Waals surface area contributed by atoms with Gasteiger partial charge in [0, 0.05) is 31.7 Å². The quantitative estimate of drug-likeness (QED) is 0.493. The molecule has 2 aliphatic rings. The molecule has 2 aromatic carbocycles.